The first-order valence-electron chi connectivity index (χ1n) is 4.08. The van der Waals surface area contributed by atoms with Gasteiger partial charge in [0.2, 0.25) is 0 Å². The minimum absolute atomic E-state index is 0.0531. The highest BCUT2D eigenvalue weighted by atomic mass is 16.3. The third kappa shape index (κ3) is 2.52. The lowest BCUT2D eigenvalue weighted by atomic mass is 10.2. The van der Waals surface area contributed by atoms with Crippen molar-refractivity contribution in [1.29, 1.82) is 0 Å². The van der Waals surface area contributed by atoms with Crippen LogP contribution in [0.2, 0.25) is 0 Å². The van der Waals surface area contributed by atoms with Gasteiger partial charge in [-0.2, -0.15) is 0 Å². The van der Waals surface area contributed by atoms with Gasteiger partial charge >= 0.3 is 0 Å². The second-order valence-corrected chi connectivity index (χ2v) is 2.63. The highest BCUT2D eigenvalue weighted by molar-refractivity contribution is 6.02. The summed E-state index contributed by atoms with van der Waals surface area (Å²) < 4.78 is 0. The molecule has 1 rings (SSSR count). The number of hydrogen-bond acceptors (Lipinski definition) is 4. The van der Waals surface area contributed by atoms with E-state index >= 15 is 0 Å². The maximum absolute atomic E-state index is 8.58. The summed E-state index contributed by atoms with van der Waals surface area (Å²) in [5, 5.41) is 8.58. The van der Waals surface area contributed by atoms with Crippen molar-refractivity contribution in [3.05, 3.63) is 23.9 Å². The van der Waals surface area contributed by atoms with Crippen molar-refractivity contribution >= 4 is 11.5 Å². The minimum Gasteiger partial charge on any atom is -0.394 e. The summed E-state index contributed by atoms with van der Waals surface area (Å²) in [6.45, 7) is 2.31. The van der Waals surface area contributed by atoms with E-state index in [0.717, 1.165) is 11.3 Å². The summed E-state index contributed by atoms with van der Waals surface area (Å²) in [6, 6.07) is 3.67. The molecule has 0 saturated heterocycles. The van der Waals surface area contributed by atoms with E-state index in [1.807, 2.05) is 19.1 Å². The summed E-state index contributed by atoms with van der Waals surface area (Å²) >= 11 is 0. The Labute approximate surface area is 77.1 Å². The van der Waals surface area contributed by atoms with E-state index in [-0.39, 0.29) is 6.61 Å². The van der Waals surface area contributed by atoms with Crippen molar-refractivity contribution in [2.45, 2.75) is 6.92 Å². The third-order valence-electron chi connectivity index (χ3n) is 1.68. The third-order valence-corrected chi connectivity index (χ3v) is 1.68. The monoisotopic (exact) mass is 179 g/mol. The van der Waals surface area contributed by atoms with Crippen molar-refractivity contribution < 1.29 is 5.11 Å². The molecule has 0 amide bonds. The summed E-state index contributed by atoms with van der Waals surface area (Å²) in [5.41, 5.74) is 7.27. The quantitative estimate of drug-likeness (QED) is 0.662. The van der Waals surface area contributed by atoms with E-state index in [0.29, 0.717) is 12.4 Å². The molecule has 4 nitrogen and oxygen atoms in total. The van der Waals surface area contributed by atoms with Gasteiger partial charge in [-0.05, 0) is 19.1 Å². The molecule has 1 heterocycles. The molecular formula is C9H13N3O. The van der Waals surface area contributed by atoms with E-state index in [9.17, 15) is 0 Å². The van der Waals surface area contributed by atoms with Gasteiger partial charge in [0.1, 0.15) is 5.82 Å². The fraction of sp³-hybridized carbons (Fsp3) is 0.333. The Kier molecular flexibility index (Phi) is 3.40. The van der Waals surface area contributed by atoms with Gasteiger partial charge in [0.05, 0.1) is 13.2 Å². The molecule has 1 aromatic heterocycles. The van der Waals surface area contributed by atoms with Crippen molar-refractivity contribution in [3.63, 3.8) is 0 Å². The molecule has 13 heavy (non-hydrogen) atoms. The number of nitrogen functional groups attached to an aromatic ring is 1. The topological polar surface area (TPSA) is 71.5 Å². The predicted octanol–water partition coefficient (Wildman–Crippen LogP) is 0.465. The molecule has 70 valence electrons. The zero-order valence-electron chi connectivity index (χ0n) is 7.57. The van der Waals surface area contributed by atoms with Crippen molar-refractivity contribution in [3.8, 4) is 0 Å². The van der Waals surface area contributed by atoms with Crippen molar-refractivity contribution in [2.75, 3.05) is 18.9 Å². The van der Waals surface area contributed by atoms with Crippen molar-refractivity contribution in [2.24, 2.45) is 4.99 Å². The zero-order valence-corrected chi connectivity index (χ0v) is 7.57. The molecule has 0 fully saturated rings. The Balaban J connectivity index is 2.88. The molecule has 0 radical (unpaired) electrons. The fourth-order valence-electron chi connectivity index (χ4n) is 1.03. The number of rotatable bonds is 3. The minimum atomic E-state index is 0.0531. The van der Waals surface area contributed by atoms with Gasteiger partial charge in [-0.3, -0.25) is 4.99 Å². The standard InChI is InChI=1S/C9H13N3O/c1-7(11-5-6-13)8-3-2-4-12-9(8)10/h2-4,13H,5-6H2,1H3,(H2,10,12). The Morgan fingerprint density at radius 1 is 1.69 bits per heavy atom. The molecule has 0 aromatic carbocycles. The van der Waals surface area contributed by atoms with Gasteiger partial charge < -0.3 is 10.8 Å². The Hall–Kier alpha value is -1.42. The summed E-state index contributed by atoms with van der Waals surface area (Å²) in [4.78, 5) is 8.06. The molecular weight excluding hydrogens is 166 g/mol. The highest BCUT2D eigenvalue weighted by Crippen LogP contribution is 2.07. The second-order valence-electron chi connectivity index (χ2n) is 2.63. The van der Waals surface area contributed by atoms with E-state index in [1.54, 1.807) is 6.20 Å². The van der Waals surface area contributed by atoms with E-state index in [2.05, 4.69) is 9.98 Å². The SMILES string of the molecule is CC(=NCCO)c1cccnc1N. The van der Waals surface area contributed by atoms with Gasteiger partial charge in [0.15, 0.2) is 0 Å². The largest absolute Gasteiger partial charge is 0.394 e. The summed E-state index contributed by atoms with van der Waals surface area (Å²) in [6.07, 6.45) is 1.64. The molecule has 0 aliphatic heterocycles. The summed E-state index contributed by atoms with van der Waals surface area (Å²) in [5.74, 6) is 0.474. The van der Waals surface area contributed by atoms with Gasteiger partial charge in [-0.25, -0.2) is 4.98 Å². The van der Waals surface area contributed by atoms with Crippen LogP contribution < -0.4 is 5.73 Å². The van der Waals surface area contributed by atoms with Gasteiger partial charge in [-0.1, -0.05) is 0 Å². The normalized spacial score (nSPS) is 11.7. The lowest BCUT2D eigenvalue weighted by Gasteiger charge is -2.02. The molecule has 1 aromatic rings. The Morgan fingerprint density at radius 3 is 3.08 bits per heavy atom. The molecule has 0 spiro atoms. The smallest absolute Gasteiger partial charge is 0.132 e. The van der Waals surface area contributed by atoms with Crippen LogP contribution >= 0.6 is 0 Å². The zero-order chi connectivity index (χ0) is 9.68. The second kappa shape index (κ2) is 4.57. The van der Waals surface area contributed by atoms with E-state index in [1.165, 1.54) is 0 Å². The Bertz CT molecular complexity index is 309. The van der Waals surface area contributed by atoms with Crippen LogP contribution in [0.25, 0.3) is 0 Å². The molecule has 3 N–H and O–H groups in total. The number of aliphatic imine (C=N–C) groups is 1. The molecule has 4 heteroatoms. The first-order valence-corrected chi connectivity index (χ1v) is 4.08. The number of nitrogens with two attached hydrogens (primary N) is 1. The molecule has 0 atom stereocenters. The number of aliphatic hydroxyl groups is 1. The maximum Gasteiger partial charge on any atom is 0.132 e. The number of anilines is 1. The number of nitrogens with zero attached hydrogens (tertiary/aromatic N) is 2. The number of aromatic nitrogens is 1. The first-order chi connectivity index (χ1) is 6.25. The fourth-order valence-corrected chi connectivity index (χ4v) is 1.03. The number of hydrogen-bond donors (Lipinski definition) is 2. The van der Waals surface area contributed by atoms with Gasteiger partial charge in [0.25, 0.3) is 0 Å². The molecule has 0 bridgehead atoms. The van der Waals surface area contributed by atoms with Crippen LogP contribution in [-0.2, 0) is 0 Å². The van der Waals surface area contributed by atoms with E-state index < -0.39 is 0 Å². The molecule has 0 aliphatic rings. The Morgan fingerprint density at radius 2 is 2.46 bits per heavy atom. The van der Waals surface area contributed by atoms with Crippen LogP contribution in [-0.4, -0.2) is 29.0 Å². The van der Waals surface area contributed by atoms with E-state index in [4.69, 9.17) is 10.8 Å². The van der Waals surface area contributed by atoms with Crippen LogP contribution in [0, 0.1) is 0 Å². The molecule has 0 aliphatic carbocycles. The van der Waals surface area contributed by atoms with Crippen LogP contribution in [0.5, 0.6) is 0 Å². The number of aliphatic hydroxyl groups excluding tert-OH is 1. The van der Waals surface area contributed by atoms with Crippen molar-refractivity contribution in [1.82, 2.24) is 4.98 Å². The lowest BCUT2D eigenvalue weighted by molar-refractivity contribution is 0.307. The van der Waals surface area contributed by atoms with Crippen LogP contribution in [0.1, 0.15) is 12.5 Å². The molecule has 0 unspecified atom stereocenters. The maximum atomic E-state index is 8.58. The molecule has 0 saturated carbocycles. The van der Waals surface area contributed by atoms with Gasteiger partial charge in [0, 0.05) is 17.5 Å². The first kappa shape index (κ1) is 9.67. The van der Waals surface area contributed by atoms with Gasteiger partial charge in [-0.15, -0.1) is 0 Å². The summed E-state index contributed by atoms with van der Waals surface area (Å²) in [7, 11) is 0. The lowest BCUT2D eigenvalue weighted by Crippen LogP contribution is -2.04. The number of pyridine rings is 1. The van der Waals surface area contributed by atoms with Crippen LogP contribution in [0.15, 0.2) is 23.3 Å². The predicted molar refractivity (Wildman–Crippen MR) is 52.8 cm³/mol. The van der Waals surface area contributed by atoms with Crippen LogP contribution in [0.4, 0.5) is 5.82 Å². The van der Waals surface area contributed by atoms with Crippen LogP contribution in [0.3, 0.4) is 0 Å². The average Bonchev–Trinajstić information content (AvgIpc) is 2.15. The highest BCUT2D eigenvalue weighted by Gasteiger charge is 2.01. The average molecular weight is 179 g/mol.